The number of benzene rings is 1. The van der Waals surface area contributed by atoms with Gasteiger partial charge in [0.05, 0.1) is 0 Å². The van der Waals surface area contributed by atoms with Gasteiger partial charge in [-0.3, -0.25) is 0 Å². The van der Waals surface area contributed by atoms with Gasteiger partial charge in [0, 0.05) is 18.5 Å². The van der Waals surface area contributed by atoms with Gasteiger partial charge in [0.25, 0.3) is 0 Å². The van der Waals surface area contributed by atoms with E-state index < -0.39 is 0 Å². The third-order valence-corrected chi connectivity index (χ3v) is 2.99. The molecule has 19 heavy (non-hydrogen) atoms. The second-order valence-electron chi connectivity index (χ2n) is 4.57. The zero-order valence-electron chi connectivity index (χ0n) is 11.7. The van der Waals surface area contributed by atoms with E-state index in [9.17, 15) is 0 Å². The molecule has 0 aliphatic rings. The zero-order valence-corrected chi connectivity index (χ0v) is 11.7. The van der Waals surface area contributed by atoms with E-state index in [4.69, 9.17) is 9.26 Å². The van der Waals surface area contributed by atoms with Crippen LogP contribution in [-0.2, 0) is 6.61 Å². The first-order valence-electron chi connectivity index (χ1n) is 6.30. The van der Waals surface area contributed by atoms with Gasteiger partial charge in [0.1, 0.15) is 5.75 Å². The van der Waals surface area contributed by atoms with Crippen LogP contribution in [-0.4, -0.2) is 17.2 Å². The Balaban J connectivity index is 2.16. The molecule has 0 amide bonds. The Morgan fingerprint density at radius 2 is 2.16 bits per heavy atom. The smallest absolute Gasteiger partial charge is 0.223 e. The van der Waals surface area contributed by atoms with Gasteiger partial charge in [-0.05, 0) is 32.5 Å². The van der Waals surface area contributed by atoms with Crippen molar-refractivity contribution in [2.45, 2.75) is 33.4 Å². The normalized spacial score (nSPS) is 12.4. The number of rotatable bonds is 5. The van der Waals surface area contributed by atoms with E-state index in [0.717, 1.165) is 16.9 Å². The van der Waals surface area contributed by atoms with Crippen molar-refractivity contribution in [3.05, 3.63) is 41.0 Å². The molecule has 0 fully saturated rings. The molecule has 5 heteroatoms. The quantitative estimate of drug-likeness (QED) is 0.896. The molecule has 1 heterocycles. The van der Waals surface area contributed by atoms with Crippen LogP contribution in [0.1, 0.15) is 35.8 Å². The van der Waals surface area contributed by atoms with E-state index in [-0.39, 0.29) is 6.04 Å². The van der Waals surface area contributed by atoms with Crippen LogP contribution in [0.5, 0.6) is 5.75 Å². The average molecular weight is 261 g/mol. The van der Waals surface area contributed by atoms with Crippen LogP contribution in [0.4, 0.5) is 0 Å². The first-order chi connectivity index (χ1) is 9.10. The Kier molecular flexibility index (Phi) is 4.16. The highest BCUT2D eigenvalue weighted by atomic mass is 16.5. The van der Waals surface area contributed by atoms with Crippen molar-refractivity contribution in [3.63, 3.8) is 0 Å². The van der Waals surface area contributed by atoms with Crippen molar-refractivity contribution in [2.75, 3.05) is 7.05 Å². The van der Waals surface area contributed by atoms with Crippen molar-refractivity contribution in [1.29, 1.82) is 0 Å². The number of hydrogen-bond acceptors (Lipinski definition) is 5. The molecule has 0 saturated heterocycles. The van der Waals surface area contributed by atoms with E-state index in [1.165, 1.54) is 0 Å². The molecule has 0 aliphatic heterocycles. The largest absolute Gasteiger partial charge is 0.485 e. The molecule has 2 aromatic rings. The van der Waals surface area contributed by atoms with Crippen LogP contribution in [0, 0.1) is 13.8 Å². The highest BCUT2D eigenvalue weighted by molar-refractivity contribution is 5.39. The van der Waals surface area contributed by atoms with Gasteiger partial charge >= 0.3 is 0 Å². The van der Waals surface area contributed by atoms with E-state index >= 15 is 0 Å². The molecule has 1 N–H and O–H groups in total. The maximum atomic E-state index is 5.82. The van der Waals surface area contributed by atoms with Crippen LogP contribution in [0.15, 0.2) is 22.7 Å². The molecule has 5 nitrogen and oxygen atoms in total. The molecular formula is C14H19N3O2. The molecule has 1 atom stereocenters. The summed E-state index contributed by atoms with van der Waals surface area (Å²) in [5.74, 6) is 1.96. The first-order valence-corrected chi connectivity index (χ1v) is 6.30. The Labute approximate surface area is 113 Å². The second-order valence-corrected chi connectivity index (χ2v) is 4.57. The van der Waals surface area contributed by atoms with Gasteiger partial charge in [-0.1, -0.05) is 17.3 Å². The van der Waals surface area contributed by atoms with E-state index in [1.54, 1.807) is 6.92 Å². The summed E-state index contributed by atoms with van der Waals surface area (Å²) in [5.41, 5.74) is 2.28. The van der Waals surface area contributed by atoms with Gasteiger partial charge < -0.3 is 14.6 Å². The summed E-state index contributed by atoms with van der Waals surface area (Å²) in [6.07, 6.45) is 0. The number of aryl methyl sites for hydroxylation is 2. The fourth-order valence-corrected chi connectivity index (χ4v) is 1.82. The molecule has 2 rings (SSSR count). The third-order valence-electron chi connectivity index (χ3n) is 2.99. The molecule has 0 radical (unpaired) electrons. The van der Waals surface area contributed by atoms with Crippen molar-refractivity contribution >= 4 is 0 Å². The van der Waals surface area contributed by atoms with E-state index in [0.29, 0.717) is 18.3 Å². The molecule has 1 aromatic carbocycles. The van der Waals surface area contributed by atoms with E-state index in [2.05, 4.69) is 34.5 Å². The number of nitrogens with zero attached hydrogens (tertiary/aromatic N) is 2. The maximum Gasteiger partial charge on any atom is 0.223 e. The minimum atomic E-state index is 0.225. The second kappa shape index (κ2) is 5.84. The van der Waals surface area contributed by atoms with Crippen LogP contribution in [0.3, 0.4) is 0 Å². The standard InChI is InChI=1S/C14H19N3O2/c1-9-5-6-12(10(2)15-4)13(7-9)18-8-14-16-11(3)19-17-14/h5-7,10,15H,8H2,1-4H3. The summed E-state index contributed by atoms with van der Waals surface area (Å²) in [6.45, 7) is 6.21. The third kappa shape index (κ3) is 3.32. The summed E-state index contributed by atoms with van der Waals surface area (Å²) in [4.78, 5) is 4.12. The Bertz CT molecular complexity index is 551. The molecule has 0 aliphatic carbocycles. The molecule has 0 saturated carbocycles. The van der Waals surface area contributed by atoms with Crippen molar-refractivity contribution in [3.8, 4) is 5.75 Å². The topological polar surface area (TPSA) is 60.2 Å². The van der Waals surface area contributed by atoms with E-state index in [1.807, 2.05) is 20.0 Å². The minimum Gasteiger partial charge on any atom is -0.485 e. The van der Waals surface area contributed by atoms with Crippen LogP contribution in [0.25, 0.3) is 0 Å². The van der Waals surface area contributed by atoms with Crippen molar-refractivity contribution in [1.82, 2.24) is 15.5 Å². The Morgan fingerprint density at radius 1 is 1.37 bits per heavy atom. The van der Waals surface area contributed by atoms with Crippen molar-refractivity contribution in [2.24, 2.45) is 0 Å². The molecule has 0 bridgehead atoms. The summed E-state index contributed by atoms with van der Waals surface area (Å²) in [6, 6.07) is 6.40. The van der Waals surface area contributed by atoms with Gasteiger partial charge in [-0.2, -0.15) is 4.98 Å². The van der Waals surface area contributed by atoms with Gasteiger partial charge in [-0.25, -0.2) is 0 Å². The highest BCUT2D eigenvalue weighted by Gasteiger charge is 2.11. The van der Waals surface area contributed by atoms with Crippen LogP contribution >= 0.6 is 0 Å². The highest BCUT2D eigenvalue weighted by Crippen LogP contribution is 2.26. The lowest BCUT2D eigenvalue weighted by Crippen LogP contribution is -2.14. The number of hydrogen-bond donors (Lipinski definition) is 1. The Morgan fingerprint density at radius 3 is 2.79 bits per heavy atom. The fourth-order valence-electron chi connectivity index (χ4n) is 1.82. The molecule has 0 spiro atoms. The lowest BCUT2D eigenvalue weighted by molar-refractivity contribution is 0.281. The van der Waals surface area contributed by atoms with Gasteiger partial charge in [0.15, 0.2) is 6.61 Å². The molecular weight excluding hydrogens is 242 g/mol. The van der Waals surface area contributed by atoms with Gasteiger partial charge in [0.2, 0.25) is 11.7 Å². The number of ether oxygens (including phenoxy) is 1. The molecule has 1 unspecified atom stereocenters. The maximum absolute atomic E-state index is 5.82. The number of nitrogens with one attached hydrogen (secondary N) is 1. The van der Waals surface area contributed by atoms with Crippen LogP contribution in [0.2, 0.25) is 0 Å². The lowest BCUT2D eigenvalue weighted by Gasteiger charge is -2.16. The lowest BCUT2D eigenvalue weighted by atomic mass is 10.1. The van der Waals surface area contributed by atoms with Crippen molar-refractivity contribution < 1.29 is 9.26 Å². The molecule has 1 aromatic heterocycles. The summed E-state index contributed by atoms with van der Waals surface area (Å²) < 4.78 is 10.7. The minimum absolute atomic E-state index is 0.225. The van der Waals surface area contributed by atoms with Gasteiger partial charge in [-0.15, -0.1) is 0 Å². The summed E-state index contributed by atoms with van der Waals surface area (Å²) >= 11 is 0. The number of aromatic nitrogens is 2. The fraction of sp³-hybridized carbons (Fsp3) is 0.429. The summed E-state index contributed by atoms with van der Waals surface area (Å²) in [5, 5.41) is 7.03. The predicted molar refractivity (Wildman–Crippen MR) is 72.0 cm³/mol. The summed E-state index contributed by atoms with van der Waals surface area (Å²) in [7, 11) is 1.93. The average Bonchev–Trinajstić information content (AvgIpc) is 2.81. The predicted octanol–water partition coefficient (Wildman–Crippen LogP) is 2.55. The van der Waals surface area contributed by atoms with Crippen LogP contribution < -0.4 is 10.1 Å². The SMILES string of the molecule is CNC(C)c1ccc(C)cc1OCc1noc(C)n1. The monoisotopic (exact) mass is 261 g/mol. The first kappa shape index (κ1) is 13.5. The zero-order chi connectivity index (χ0) is 13.8. The molecule has 102 valence electrons. The Hall–Kier alpha value is -1.88.